The van der Waals surface area contributed by atoms with Crippen molar-refractivity contribution < 1.29 is 4.74 Å². The molecule has 0 aliphatic carbocycles. The molecule has 94 valence electrons. The van der Waals surface area contributed by atoms with Crippen LogP contribution in [-0.4, -0.2) is 37.3 Å². The lowest BCUT2D eigenvalue weighted by Gasteiger charge is -2.22. The van der Waals surface area contributed by atoms with Crippen molar-refractivity contribution >= 4 is 5.82 Å². The Morgan fingerprint density at radius 1 is 1.35 bits per heavy atom. The molecule has 1 aliphatic rings. The first-order chi connectivity index (χ1) is 8.45. The maximum Gasteiger partial charge on any atom is 0.125 e. The summed E-state index contributed by atoms with van der Waals surface area (Å²) in [7, 11) is 0. The number of ether oxygens (including phenoxy) is 1. The second-order valence-corrected chi connectivity index (χ2v) is 4.32. The minimum absolute atomic E-state index is 0.464. The van der Waals surface area contributed by atoms with E-state index in [1.54, 1.807) is 6.20 Å². The zero-order valence-electron chi connectivity index (χ0n) is 10.2. The second-order valence-electron chi connectivity index (χ2n) is 4.32. The zero-order chi connectivity index (χ0) is 11.8. The van der Waals surface area contributed by atoms with E-state index in [1.165, 1.54) is 0 Å². The Labute approximate surface area is 103 Å². The third-order valence-corrected chi connectivity index (χ3v) is 2.93. The van der Waals surface area contributed by atoms with Gasteiger partial charge in [0.05, 0.1) is 6.10 Å². The standard InChI is InChI=1S/C13H21N3O/c1-2-7-15-13(4-1)16-8-3-11-17-12-5-9-14-10-6-12/h1-2,4,7,12,14H,3,5-6,8-11H2,(H,15,16). The van der Waals surface area contributed by atoms with Crippen LogP contribution >= 0.6 is 0 Å². The summed E-state index contributed by atoms with van der Waals surface area (Å²) >= 11 is 0. The molecule has 17 heavy (non-hydrogen) atoms. The first kappa shape index (κ1) is 12.3. The van der Waals surface area contributed by atoms with E-state index >= 15 is 0 Å². The summed E-state index contributed by atoms with van der Waals surface area (Å²) in [5.41, 5.74) is 0. The summed E-state index contributed by atoms with van der Waals surface area (Å²) in [6.07, 6.45) is 5.58. The Bertz CT molecular complexity index is 299. The molecule has 0 saturated carbocycles. The van der Waals surface area contributed by atoms with Gasteiger partial charge in [0.15, 0.2) is 0 Å². The van der Waals surface area contributed by atoms with Crippen molar-refractivity contribution in [3.8, 4) is 0 Å². The lowest BCUT2D eigenvalue weighted by Crippen LogP contribution is -2.32. The van der Waals surface area contributed by atoms with Gasteiger partial charge in [-0.2, -0.15) is 0 Å². The molecule has 0 aromatic carbocycles. The van der Waals surface area contributed by atoms with Crippen molar-refractivity contribution in [1.29, 1.82) is 0 Å². The fraction of sp³-hybridized carbons (Fsp3) is 0.615. The van der Waals surface area contributed by atoms with Crippen LogP contribution in [0, 0.1) is 0 Å². The molecule has 2 rings (SSSR count). The van der Waals surface area contributed by atoms with Gasteiger partial charge in [-0.25, -0.2) is 4.98 Å². The molecule has 1 aliphatic heterocycles. The van der Waals surface area contributed by atoms with Crippen LogP contribution in [0.1, 0.15) is 19.3 Å². The van der Waals surface area contributed by atoms with Crippen LogP contribution in [-0.2, 0) is 4.74 Å². The van der Waals surface area contributed by atoms with E-state index in [-0.39, 0.29) is 0 Å². The number of nitrogens with zero attached hydrogens (tertiary/aromatic N) is 1. The second kappa shape index (κ2) is 7.25. The van der Waals surface area contributed by atoms with Gasteiger partial charge in [-0.1, -0.05) is 6.07 Å². The van der Waals surface area contributed by atoms with E-state index < -0.39 is 0 Å². The van der Waals surface area contributed by atoms with Gasteiger partial charge >= 0.3 is 0 Å². The molecule has 2 heterocycles. The maximum absolute atomic E-state index is 5.82. The Kier molecular flexibility index (Phi) is 5.26. The quantitative estimate of drug-likeness (QED) is 0.736. The van der Waals surface area contributed by atoms with Crippen LogP contribution < -0.4 is 10.6 Å². The highest BCUT2D eigenvalue weighted by Crippen LogP contribution is 2.07. The topological polar surface area (TPSA) is 46.2 Å². The minimum atomic E-state index is 0.464. The van der Waals surface area contributed by atoms with Gasteiger partial charge in [0.25, 0.3) is 0 Å². The average Bonchev–Trinajstić information content (AvgIpc) is 2.41. The average molecular weight is 235 g/mol. The van der Waals surface area contributed by atoms with Gasteiger partial charge in [0, 0.05) is 19.3 Å². The van der Waals surface area contributed by atoms with E-state index in [2.05, 4.69) is 15.6 Å². The molecule has 1 aromatic heterocycles. The van der Waals surface area contributed by atoms with E-state index in [9.17, 15) is 0 Å². The van der Waals surface area contributed by atoms with Crippen LogP contribution in [0.25, 0.3) is 0 Å². The van der Waals surface area contributed by atoms with Crippen molar-refractivity contribution in [3.63, 3.8) is 0 Å². The van der Waals surface area contributed by atoms with Crippen molar-refractivity contribution in [2.75, 3.05) is 31.6 Å². The van der Waals surface area contributed by atoms with Crippen LogP contribution in [0.3, 0.4) is 0 Å². The summed E-state index contributed by atoms with van der Waals surface area (Å²) in [5.74, 6) is 0.939. The third kappa shape index (κ3) is 4.71. The highest BCUT2D eigenvalue weighted by atomic mass is 16.5. The largest absolute Gasteiger partial charge is 0.378 e. The Hall–Kier alpha value is -1.13. The molecule has 0 spiro atoms. The highest BCUT2D eigenvalue weighted by Gasteiger charge is 2.12. The van der Waals surface area contributed by atoms with Crippen LogP contribution in [0.2, 0.25) is 0 Å². The smallest absolute Gasteiger partial charge is 0.125 e. The van der Waals surface area contributed by atoms with Crippen molar-refractivity contribution in [2.45, 2.75) is 25.4 Å². The van der Waals surface area contributed by atoms with E-state index in [0.29, 0.717) is 6.10 Å². The third-order valence-electron chi connectivity index (χ3n) is 2.93. The summed E-state index contributed by atoms with van der Waals surface area (Å²) in [6.45, 7) is 3.94. The number of nitrogens with one attached hydrogen (secondary N) is 2. The van der Waals surface area contributed by atoms with E-state index in [1.807, 2.05) is 18.2 Å². The molecule has 0 unspecified atom stereocenters. The molecule has 2 N–H and O–H groups in total. The monoisotopic (exact) mass is 235 g/mol. The molecular weight excluding hydrogens is 214 g/mol. The molecule has 0 radical (unpaired) electrons. The molecule has 4 nitrogen and oxygen atoms in total. The predicted octanol–water partition coefficient (Wildman–Crippen LogP) is 1.65. The van der Waals surface area contributed by atoms with Gasteiger partial charge in [-0.05, 0) is 44.5 Å². The molecule has 0 bridgehead atoms. The Morgan fingerprint density at radius 3 is 3.00 bits per heavy atom. The summed E-state index contributed by atoms with van der Waals surface area (Å²) in [4.78, 5) is 4.21. The Morgan fingerprint density at radius 2 is 2.24 bits per heavy atom. The lowest BCUT2D eigenvalue weighted by molar-refractivity contribution is 0.0329. The van der Waals surface area contributed by atoms with Crippen LogP contribution in [0.5, 0.6) is 0 Å². The summed E-state index contributed by atoms with van der Waals surface area (Å²) in [5, 5.41) is 6.62. The molecule has 0 atom stereocenters. The maximum atomic E-state index is 5.82. The van der Waals surface area contributed by atoms with Crippen molar-refractivity contribution in [2.24, 2.45) is 0 Å². The number of aromatic nitrogens is 1. The number of anilines is 1. The molecule has 1 aromatic rings. The van der Waals surface area contributed by atoms with Crippen LogP contribution in [0.4, 0.5) is 5.82 Å². The van der Waals surface area contributed by atoms with Gasteiger partial charge < -0.3 is 15.4 Å². The number of hydrogen-bond donors (Lipinski definition) is 2. The summed E-state index contributed by atoms with van der Waals surface area (Å²) < 4.78 is 5.82. The highest BCUT2D eigenvalue weighted by molar-refractivity contribution is 5.32. The fourth-order valence-electron chi connectivity index (χ4n) is 1.97. The first-order valence-corrected chi connectivity index (χ1v) is 6.42. The number of piperidine rings is 1. The zero-order valence-corrected chi connectivity index (χ0v) is 10.2. The van der Waals surface area contributed by atoms with E-state index in [4.69, 9.17) is 4.74 Å². The molecular formula is C13H21N3O. The van der Waals surface area contributed by atoms with Crippen molar-refractivity contribution in [3.05, 3.63) is 24.4 Å². The van der Waals surface area contributed by atoms with E-state index in [0.717, 1.165) is 51.3 Å². The molecule has 4 heteroatoms. The minimum Gasteiger partial charge on any atom is -0.378 e. The summed E-state index contributed by atoms with van der Waals surface area (Å²) in [6, 6.07) is 5.89. The lowest BCUT2D eigenvalue weighted by atomic mass is 10.1. The van der Waals surface area contributed by atoms with Crippen LogP contribution in [0.15, 0.2) is 24.4 Å². The first-order valence-electron chi connectivity index (χ1n) is 6.42. The van der Waals surface area contributed by atoms with Gasteiger partial charge in [-0.15, -0.1) is 0 Å². The number of rotatable bonds is 6. The molecule has 1 fully saturated rings. The predicted molar refractivity (Wildman–Crippen MR) is 69.2 cm³/mol. The van der Waals surface area contributed by atoms with Gasteiger partial charge in [0.2, 0.25) is 0 Å². The number of pyridine rings is 1. The fourth-order valence-corrected chi connectivity index (χ4v) is 1.97. The molecule has 1 saturated heterocycles. The van der Waals surface area contributed by atoms with Gasteiger partial charge in [-0.3, -0.25) is 0 Å². The van der Waals surface area contributed by atoms with Gasteiger partial charge in [0.1, 0.15) is 5.82 Å². The molecule has 0 amide bonds. The normalized spacial score (nSPS) is 16.9. The number of hydrogen-bond acceptors (Lipinski definition) is 4. The van der Waals surface area contributed by atoms with Crippen molar-refractivity contribution in [1.82, 2.24) is 10.3 Å². The SMILES string of the molecule is c1ccc(NCCCOC2CCNCC2)nc1. The Balaban J connectivity index is 1.51.